The molecule has 2 aromatic carbocycles. The van der Waals surface area contributed by atoms with E-state index < -0.39 is 81.0 Å². The summed E-state index contributed by atoms with van der Waals surface area (Å²) in [6, 6.07) is 7.30. The Morgan fingerprint density at radius 1 is 1.00 bits per heavy atom. The number of aliphatic hydroxyl groups excluding tert-OH is 3. The van der Waals surface area contributed by atoms with Gasteiger partial charge in [-0.3, -0.25) is 9.35 Å². The number of hydrogen-bond donors (Lipinski definition) is 7. The van der Waals surface area contributed by atoms with Crippen LogP contribution in [0.5, 0.6) is 17.2 Å². The second kappa shape index (κ2) is 9.09. The van der Waals surface area contributed by atoms with Crippen LogP contribution in [0.4, 0.5) is 0 Å². The van der Waals surface area contributed by atoms with Crippen LogP contribution in [0, 0.1) is 0 Å². The Hall–Kier alpha value is -3.24. The zero-order valence-corrected chi connectivity index (χ0v) is 18.4. The molecular weight excluding hydrogens is 492 g/mol. The third-order valence-electron chi connectivity index (χ3n) is 5.51. The maximum Gasteiger partial charge on any atom is 0.397 e. The molecule has 5 atom stereocenters. The van der Waals surface area contributed by atoms with Crippen LogP contribution in [-0.4, -0.2) is 74.6 Å². The molecule has 0 aliphatic carbocycles. The van der Waals surface area contributed by atoms with Crippen LogP contribution < -0.4 is 5.43 Å². The van der Waals surface area contributed by atoms with E-state index >= 15 is 0 Å². The molecular formula is C21H20O13S. The summed E-state index contributed by atoms with van der Waals surface area (Å²) in [5.74, 6) is -1.79. The van der Waals surface area contributed by atoms with E-state index in [9.17, 15) is 48.4 Å². The van der Waals surface area contributed by atoms with Gasteiger partial charge in [-0.2, -0.15) is 8.42 Å². The Kier molecular flexibility index (Phi) is 6.46. The van der Waals surface area contributed by atoms with Crippen LogP contribution in [0.2, 0.25) is 0 Å². The lowest BCUT2D eigenvalue weighted by Gasteiger charge is -2.41. The molecule has 0 saturated carbocycles. The van der Waals surface area contributed by atoms with Crippen LogP contribution in [0.1, 0.15) is 11.7 Å². The zero-order valence-electron chi connectivity index (χ0n) is 17.5. The highest BCUT2D eigenvalue weighted by molar-refractivity contribution is 7.80. The van der Waals surface area contributed by atoms with Crippen molar-refractivity contribution in [2.24, 2.45) is 0 Å². The molecule has 0 unspecified atom stereocenters. The summed E-state index contributed by atoms with van der Waals surface area (Å²) in [6.07, 6.45) is -9.39. The van der Waals surface area contributed by atoms with Gasteiger partial charge >= 0.3 is 10.4 Å². The first-order chi connectivity index (χ1) is 16.4. The quantitative estimate of drug-likeness (QED) is 0.222. The van der Waals surface area contributed by atoms with E-state index in [1.807, 2.05) is 0 Å². The number of hydrogen-bond acceptors (Lipinski definition) is 12. The summed E-state index contributed by atoms with van der Waals surface area (Å²) < 4.78 is 47.8. The average molecular weight is 512 g/mol. The van der Waals surface area contributed by atoms with Crippen molar-refractivity contribution in [3.63, 3.8) is 0 Å². The van der Waals surface area contributed by atoms with Gasteiger partial charge in [0.15, 0.2) is 11.0 Å². The summed E-state index contributed by atoms with van der Waals surface area (Å²) in [4.78, 5) is 12.9. The number of rotatable bonds is 5. The molecule has 1 aromatic heterocycles. The average Bonchev–Trinajstić information content (AvgIpc) is 2.76. The van der Waals surface area contributed by atoms with Gasteiger partial charge in [-0.1, -0.05) is 12.1 Å². The van der Waals surface area contributed by atoms with Gasteiger partial charge in [0, 0.05) is 17.7 Å². The van der Waals surface area contributed by atoms with Crippen molar-refractivity contribution >= 4 is 21.4 Å². The first-order valence-corrected chi connectivity index (χ1v) is 11.4. The lowest BCUT2D eigenvalue weighted by Crippen LogP contribution is -2.56. The molecule has 188 valence electrons. The predicted octanol–water partition coefficient (Wildman–Crippen LogP) is -0.0812. The van der Waals surface area contributed by atoms with Crippen LogP contribution in [0.15, 0.2) is 45.6 Å². The second-order valence-electron chi connectivity index (χ2n) is 7.81. The number of benzene rings is 2. The number of aliphatic hydroxyl groups is 3. The summed E-state index contributed by atoms with van der Waals surface area (Å²) in [5.41, 5.74) is -1.58. The van der Waals surface area contributed by atoms with Gasteiger partial charge in [0.05, 0.1) is 12.2 Å². The third kappa shape index (κ3) is 4.68. The Morgan fingerprint density at radius 2 is 1.71 bits per heavy atom. The van der Waals surface area contributed by atoms with Gasteiger partial charge in [0.1, 0.15) is 58.9 Å². The number of phenolic OH excluding ortho intramolecular Hbond substituents is 3. The minimum Gasteiger partial charge on any atom is -0.508 e. The Bertz CT molecular complexity index is 1430. The Balaban J connectivity index is 2.01. The number of fused-ring (bicyclic) bond motifs is 1. The highest BCUT2D eigenvalue weighted by Crippen LogP contribution is 2.44. The molecule has 13 nitrogen and oxygen atoms in total. The summed E-state index contributed by atoms with van der Waals surface area (Å²) in [7, 11) is -5.25. The molecule has 14 heteroatoms. The van der Waals surface area contributed by atoms with Gasteiger partial charge in [0.2, 0.25) is 0 Å². The molecule has 4 rings (SSSR count). The van der Waals surface area contributed by atoms with Crippen molar-refractivity contribution in [3.05, 3.63) is 52.2 Å². The van der Waals surface area contributed by atoms with Gasteiger partial charge in [0.25, 0.3) is 0 Å². The van der Waals surface area contributed by atoms with Gasteiger partial charge < -0.3 is 39.8 Å². The fourth-order valence-electron chi connectivity index (χ4n) is 3.97. The zero-order chi connectivity index (χ0) is 25.7. The number of phenols is 3. The molecule has 1 fully saturated rings. The van der Waals surface area contributed by atoms with Gasteiger partial charge in [-0.25, -0.2) is 4.18 Å². The first kappa shape index (κ1) is 24.9. The fourth-order valence-corrected chi connectivity index (χ4v) is 4.46. The fraction of sp³-hybridized carbons (Fsp3) is 0.286. The molecule has 2 heterocycles. The Morgan fingerprint density at radius 3 is 2.34 bits per heavy atom. The Labute approximate surface area is 196 Å². The molecule has 1 aliphatic rings. The lowest BCUT2D eigenvalue weighted by molar-refractivity contribution is -0.225. The first-order valence-electron chi connectivity index (χ1n) is 10.0. The van der Waals surface area contributed by atoms with Crippen LogP contribution in [0.25, 0.3) is 22.3 Å². The molecule has 0 radical (unpaired) electrons. The molecule has 1 saturated heterocycles. The monoisotopic (exact) mass is 512 g/mol. The van der Waals surface area contributed by atoms with E-state index in [2.05, 4.69) is 4.18 Å². The van der Waals surface area contributed by atoms with Gasteiger partial charge in [-0.05, 0) is 12.1 Å². The van der Waals surface area contributed by atoms with Crippen molar-refractivity contribution in [2.45, 2.75) is 30.5 Å². The number of ether oxygens (including phenoxy) is 1. The maximum absolute atomic E-state index is 12.9. The van der Waals surface area contributed by atoms with E-state index in [1.165, 1.54) is 24.3 Å². The van der Waals surface area contributed by atoms with Crippen molar-refractivity contribution < 1.29 is 56.9 Å². The summed E-state index contributed by atoms with van der Waals surface area (Å²) in [5, 5.41) is 60.5. The maximum atomic E-state index is 12.9. The summed E-state index contributed by atoms with van der Waals surface area (Å²) >= 11 is 0. The van der Waals surface area contributed by atoms with E-state index in [-0.39, 0.29) is 17.1 Å². The van der Waals surface area contributed by atoms with Crippen molar-refractivity contribution in [1.82, 2.24) is 0 Å². The van der Waals surface area contributed by atoms with Gasteiger partial charge in [-0.15, -0.1) is 0 Å². The van der Waals surface area contributed by atoms with E-state index in [1.54, 1.807) is 0 Å². The van der Waals surface area contributed by atoms with Crippen molar-refractivity contribution in [1.29, 1.82) is 0 Å². The van der Waals surface area contributed by atoms with Crippen LogP contribution in [-0.2, 0) is 19.3 Å². The highest BCUT2D eigenvalue weighted by Gasteiger charge is 2.49. The largest absolute Gasteiger partial charge is 0.508 e. The lowest BCUT2D eigenvalue weighted by atomic mass is 9.89. The normalized spacial score (nSPS) is 25.1. The molecule has 0 spiro atoms. The second-order valence-corrected chi connectivity index (χ2v) is 8.85. The minimum atomic E-state index is -5.25. The van der Waals surface area contributed by atoms with E-state index in [4.69, 9.17) is 9.15 Å². The van der Waals surface area contributed by atoms with E-state index in [0.29, 0.717) is 0 Å². The minimum absolute atomic E-state index is 0.132. The molecule has 0 amide bonds. The molecule has 7 N–H and O–H groups in total. The predicted molar refractivity (Wildman–Crippen MR) is 116 cm³/mol. The summed E-state index contributed by atoms with van der Waals surface area (Å²) in [6.45, 7) is -0.859. The third-order valence-corrected chi connectivity index (χ3v) is 5.98. The smallest absolute Gasteiger partial charge is 0.397 e. The molecule has 1 aliphatic heterocycles. The molecule has 0 bridgehead atoms. The SMILES string of the molecule is O=c1cc(-c2cccc(O)c2)oc2c([C@@H]3O[C@H](CO)[C@@H](O)[C@H](O)[C@@H]3OS(=O)(=O)O)c(O)cc(O)c12. The van der Waals surface area contributed by atoms with Crippen LogP contribution in [0.3, 0.4) is 0 Å². The van der Waals surface area contributed by atoms with E-state index in [0.717, 1.165) is 12.1 Å². The topological polar surface area (TPSA) is 224 Å². The standard InChI is InChI=1S/C21H20O13S/c22-7-14-17(27)18(28)21(34-35(29,30)31)20(33-14)16-11(25)5-10(24)15-12(26)6-13(32-19(15)16)8-2-1-3-9(23)4-8/h1-6,14,17-18,20-25,27-28H,7H2,(H,29,30,31)/t14-,17-,18+,20+,21+/m1/s1. The van der Waals surface area contributed by atoms with Crippen LogP contribution >= 0.6 is 0 Å². The number of aromatic hydroxyl groups is 3. The highest BCUT2D eigenvalue weighted by atomic mass is 32.3. The molecule has 35 heavy (non-hydrogen) atoms. The van der Waals surface area contributed by atoms with Crippen molar-refractivity contribution in [2.75, 3.05) is 6.61 Å². The van der Waals surface area contributed by atoms with Crippen molar-refractivity contribution in [3.8, 4) is 28.6 Å². The molecule has 3 aromatic rings.